The summed E-state index contributed by atoms with van der Waals surface area (Å²) in [6.07, 6.45) is 1.23. The van der Waals surface area contributed by atoms with Crippen LogP contribution in [0.3, 0.4) is 0 Å². The van der Waals surface area contributed by atoms with Crippen LogP contribution in [0.5, 0.6) is 5.75 Å². The highest BCUT2D eigenvalue weighted by Crippen LogP contribution is 2.27. The van der Waals surface area contributed by atoms with Gasteiger partial charge < -0.3 is 10.1 Å². The molecule has 1 N–H and O–H groups in total. The lowest BCUT2D eigenvalue weighted by Crippen LogP contribution is -2.13. The van der Waals surface area contributed by atoms with Crippen LogP contribution >= 0.6 is 11.6 Å². The summed E-state index contributed by atoms with van der Waals surface area (Å²) in [5, 5.41) is 11.6. The lowest BCUT2D eigenvalue weighted by Gasteiger charge is -2.13. The van der Waals surface area contributed by atoms with Crippen molar-refractivity contribution in [2.45, 2.75) is 26.2 Å². The van der Waals surface area contributed by atoms with Crippen molar-refractivity contribution in [3.8, 4) is 11.8 Å². The van der Waals surface area contributed by atoms with Crippen LogP contribution < -0.4 is 10.1 Å². The number of amides is 1. The number of carbonyl (C=O) groups is 1. The second-order valence-electron chi connectivity index (χ2n) is 4.15. The molecule has 0 aliphatic rings. The molecule has 0 radical (unpaired) electrons. The van der Waals surface area contributed by atoms with Gasteiger partial charge in [-0.05, 0) is 36.6 Å². The van der Waals surface area contributed by atoms with E-state index in [1.165, 1.54) is 0 Å². The van der Waals surface area contributed by atoms with Gasteiger partial charge in [0.05, 0.1) is 19.6 Å². The minimum Gasteiger partial charge on any atom is -0.496 e. The van der Waals surface area contributed by atoms with Crippen LogP contribution in [-0.2, 0) is 11.2 Å². The summed E-state index contributed by atoms with van der Waals surface area (Å²) in [5.41, 5.74) is 2.33. The summed E-state index contributed by atoms with van der Waals surface area (Å²) < 4.78 is 5.22. The van der Waals surface area contributed by atoms with Crippen molar-refractivity contribution in [2.75, 3.05) is 18.3 Å². The largest absolute Gasteiger partial charge is 0.496 e. The second-order valence-corrected chi connectivity index (χ2v) is 4.53. The second kappa shape index (κ2) is 7.65. The van der Waals surface area contributed by atoms with Crippen LogP contribution in [0.15, 0.2) is 12.1 Å². The molecule has 0 fully saturated rings. The lowest BCUT2D eigenvalue weighted by molar-refractivity contribution is -0.116. The van der Waals surface area contributed by atoms with E-state index in [1.54, 1.807) is 13.2 Å². The number of carbonyl (C=O) groups excluding carboxylic acids is 1. The maximum atomic E-state index is 11.7. The van der Waals surface area contributed by atoms with Crippen molar-refractivity contribution in [1.29, 1.82) is 5.26 Å². The normalized spacial score (nSPS) is 9.79. The number of nitrogens with one attached hydrogen (secondary N) is 1. The number of aryl methyl sites for hydroxylation is 1. The van der Waals surface area contributed by atoms with Gasteiger partial charge in [0.15, 0.2) is 0 Å². The number of benzene rings is 1. The molecule has 5 heteroatoms. The predicted octanol–water partition coefficient (Wildman–Crippen LogP) is 3.03. The summed E-state index contributed by atoms with van der Waals surface area (Å²) in [6, 6.07) is 5.69. The molecule has 0 bridgehead atoms. The highest BCUT2D eigenvalue weighted by atomic mass is 35.5. The maximum Gasteiger partial charge on any atom is 0.224 e. The fraction of sp³-hybridized carbons (Fsp3) is 0.429. The molecule has 0 aromatic heterocycles. The highest BCUT2D eigenvalue weighted by molar-refractivity contribution is 6.18. The summed E-state index contributed by atoms with van der Waals surface area (Å²) in [4.78, 5) is 11.7. The third-order valence-electron chi connectivity index (χ3n) is 2.70. The highest BCUT2D eigenvalue weighted by Gasteiger charge is 2.10. The van der Waals surface area contributed by atoms with E-state index in [-0.39, 0.29) is 12.3 Å². The van der Waals surface area contributed by atoms with Crippen LogP contribution in [0, 0.1) is 18.3 Å². The van der Waals surface area contributed by atoms with Gasteiger partial charge in [-0.1, -0.05) is 0 Å². The van der Waals surface area contributed by atoms with Gasteiger partial charge in [0.25, 0.3) is 0 Å². The van der Waals surface area contributed by atoms with E-state index >= 15 is 0 Å². The van der Waals surface area contributed by atoms with Crippen LogP contribution in [0.1, 0.15) is 24.0 Å². The molecule has 0 aliphatic heterocycles. The molecule has 0 spiro atoms. The van der Waals surface area contributed by atoms with Gasteiger partial charge in [-0.25, -0.2) is 0 Å². The molecule has 1 aromatic rings. The van der Waals surface area contributed by atoms with Crippen LogP contribution in [0.2, 0.25) is 0 Å². The minimum atomic E-state index is -0.0931. The Morgan fingerprint density at radius 1 is 1.53 bits per heavy atom. The summed E-state index contributed by atoms with van der Waals surface area (Å²) in [5.74, 6) is 1.08. The molecule has 1 rings (SSSR count). The Bertz CT molecular complexity index is 495. The number of nitriles is 1. The van der Waals surface area contributed by atoms with E-state index in [4.69, 9.17) is 21.6 Å². The first-order valence-corrected chi connectivity index (χ1v) is 6.56. The third kappa shape index (κ3) is 4.46. The van der Waals surface area contributed by atoms with E-state index < -0.39 is 0 Å². The molecule has 1 amide bonds. The van der Waals surface area contributed by atoms with Gasteiger partial charge in [-0.3, -0.25) is 4.79 Å². The van der Waals surface area contributed by atoms with Crippen molar-refractivity contribution in [2.24, 2.45) is 0 Å². The standard InChI is InChI=1S/C14H17ClN2O2/c1-10-8-12(17-14(18)4-3-6-15)11(5-7-16)9-13(10)19-2/h8-9H,3-6H2,1-2H3,(H,17,18). The van der Waals surface area contributed by atoms with E-state index in [2.05, 4.69) is 11.4 Å². The summed E-state index contributed by atoms with van der Waals surface area (Å²) in [6.45, 7) is 1.89. The zero-order valence-electron chi connectivity index (χ0n) is 11.1. The SMILES string of the molecule is COc1cc(CC#N)c(NC(=O)CCCCl)cc1C. The van der Waals surface area contributed by atoms with Crippen molar-refractivity contribution < 1.29 is 9.53 Å². The van der Waals surface area contributed by atoms with Crippen LogP contribution in [0.4, 0.5) is 5.69 Å². The Morgan fingerprint density at radius 2 is 2.26 bits per heavy atom. The van der Waals surface area contributed by atoms with Crippen molar-refractivity contribution in [1.82, 2.24) is 0 Å². The molecule has 102 valence electrons. The van der Waals surface area contributed by atoms with Crippen molar-refractivity contribution >= 4 is 23.2 Å². The number of hydrogen-bond acceptors (Lipinski definition) is 3. The number of methoxy groups -OCH3 is 1. The molecular weight excluding hydrogens is 264 g/mol. The zero-order valence-corrected chi connectivity index (χ0v) is 11.9. The van der Waals surface area contributed by atoms with Gasteiger partial charge >= 0.3 is 0 Å². The van der Waals surface area contributed by atoms with Crippen molar-refractivity contribution in [3.05, 3.63) is 23.3 Å². The Morgan fingerprint density at radius 3 is 2.84 bits per heavy atom. The van der Waals surface area contributed by atoms with Crippen LogP contribution in [0.25, 0.3) is 0 Å². The summed E-state index contributed by atoms with van der Waals surface area (Å²) in [7, 11) is 1.58. The molecule has 1 aromatic carbocycles. The predicted molar refractivity (Wildman–Crippen MR) is 75.6 cm³/mol. The maximum absolute atomic E-state index is 11.7. The number of alkyl halides is 1. The number of halogens is 1. The lowest BCUT2D eigenvalue weighted by atomic mass is 10.1. The van der Waals surface area contributed by atoms with Gasteiger partial charge in [-0.2, -0.15) is 5.26 Å². The van der Waals surface area contributed by atoms with E-state index in [0.29, 0.717) is 30.2 Å². The van der Waals surface area contributed by atoms with Gasteiger partial charge in [0.1, 0.15) is 5.75 Å². The Kier molecular flexibility index (Phi) is 6.17. The first-order chi connectivity index (χ1) is 9.12. The fourth-order valence-electron chi connectivity index (χ4n) is 1.74. The number of rotatable bonds is 6. The molecule has 0 heterocycles. The molecule has 4 nitrogen and oxygen atoms in total. The number of nitrogens with zero attached hydrogens (tertiary/aromatic N) is 1. The van der Waals surface area contributed by atoms with Crippen molar-refractivity contribution in [3.63, 3.8) is 0 Å². The summed E-state index contributed by atoms with van der Waals surface area (Å²) >= 11 is 5.55. The average molecular weight is 281 g/mol. The Labute approximate surface area is 118 Å². The molecule has 0 saturated heterocycles. The minimum absolute atomic E-state index is 0.0931. The first-order valence-electron chi connectivity index (χ1n) is 6.02. The number of hydrogen-bond donors (Lipinski definition) is 1. The molecule has 0 atom stereocenters. The Balaban J connectivity index is 2.95. The van der Waals surface area contributed by atoms with Gasteiger partial charge in [0, 0.05) is 18.0 Å². The van der Waals surface area contributed by atoms with Gasteiger partial charge in [-0.15, -0.1) is 11.6 Å². The van der Waals surface area contributed by atoms with Crippen LogP contribution in [-0.4, -0.2) is 18.9 Å². The smallest absolute Gasteiger partial charge is 0.224 e. The number of ether oxygens (including phenoxy) is 1. The van der Waals surface area contributed by atoms with Gasteiger partial charge in [0.2, 0.25) is 5.91 Å². The zero-order chi connectivity index (χ0) is 14.3. The molecule has 0 saturated carbocycles. The average Bonchev–Trinajstić information content (AvgIpc) is 2.39. The molecular formula is C14H17ClN2O2. The quantitative estimate of drug-likeness (QED) is 0.815. The molecule has 0 unspecified atom stereocenters. The first kappa shape index (κ1) is 15.3. The molecule has 0 aliphatic carbocycles. The van der Waals surface area contributed by atoms with E-state index in [0.717, 1.165) is 11.1 Å². The molecule has 19 heavy (non-hydrogen) atoms. The third-order valence-corrected chi connectivity index (χ3v) is 2.97. The topological polar surface area (TPSA) is 62.1 Å². The fourth-order valence-corrected chi connectivity index (χ4v) is 1.87. The monoisotopic (exact) mass is 280 g/mol. The van der Waals surface area contributed by atoms with E-state index in [1.807, 2.05) is 13.0 Å². The van der Waals surface area contributed by atoms with E-state index in [9.17, 15) is 4.79 Å². The Hall–Kier alpha value is -1.73. The number of anilines is 1.